The Hall–Kier alpha value is -1.76. The van der Waals surface area contributed by atoms with Crippen molar-refractivity contribution in [1.82, 2.24) is 5.06 Å². The van der Waals surface area contributed by atoms with Crippen molar-refractivity contribution in [1.29, 1.82) is 0 Å². The summed E-state index contributed by atoms with van der Waals surface area (Å²) in [5, 5.41) is 11.3. The summed E-state index contributed by atoms with van der Waals surface area (Å²) >= 11 is 0. The Morgan fingerprint density at radius 1 is 1.38 bits per heavy atom. The van der Waals surface area contributed by atoms with Crippen molar-refractivity contribution >= 4 is 11.8 Å². The number of carbonyl (C=O) groups is 2. The third kappa shape index (κ3) is 5.26. The highest BCUT2D eigenvalue weighted by atomic mass is 16.7. The Bertz CT molecular complexity index is 476. The fourth-order valence-electron chi connectivity index (χ4n) is 2.00. The third-order valence-corrected chi connectivity index (χ3v) is 3.14. The van der Waals surface area contributed by atoms with E-state index in [1.54, 1.807) is 5.06 Å². The molecule has 0 radical (unpaired) electrons. The summed E-state index contributed by atoms with van der Waals surface area (Å²) in [5.74, 6) is -0.588. The van der Waals surface area contributed by atoms with E-state index < -0.39 is 12.1 Å². The second-order valence-electron chi connectivity index (χ2n) is 4.93. The van der Waals surface area contributed by atoms with E-state index in [2.05, 4.69) is 0 Å². The second kappa shape index (κ2) is 7.87. The standard InChI is InChI=1S/C15H19NO5/c17-13-9-16(21-11-13)8-4-7-14(18)15(19)20-10-12-5-2-1-3-6-12/h1-3,5-6,14,18H,4,7-11H2. The Balaban J connectivity index is 1.62. The molecule has 1 aliphatic heterocycles. The van der Waals surface area contributed by atoms with Gasteiger partial charge in [0.25, 0.3) is 0 Å². The van der Waals surface area contributed by atoms with Gasteiger partial charge in [-0.15, -0.1) is 0 Å². The van der Waals surface area contributed by atoms with Crippen molar-refractivity contribution in [2.75, 3.05) is 19.7 Å². The number of esters is 1. The molecule has 0 aliphatic carbocycles. The van der Waals surface area contributed by atoms with E-state index in [-0.39, 0.29) is 32.0 Å². The zero-order valence-electron chi connectivity index (χ0n) is 11.7. The summed E-state index contributed by atoms with van der Waals surface area (Å²) in [6, 6.07) is 9.29. The van der Waals surface area contributed by atoms with Gasteiger partial charge in [-0.05, 0) is 18.4 Å². The molecule has 6 nitrogen and oxygen atoms in total. The normalized spacial score (nSPS) is 16.9. The first-order valence-corrected chi connectivity index (χ1v) is 6.93. The fraction of sp³-hybridized carbons (Fsp3) is 0.467. The summed E-state index contributed by atoms with van der Waals surface area (Å²) in [7, 11) is 0. The van der Waals surface area contributed by atoms with Crippen LogP contribution in [0.1, 0.15) is 18.4 Å². The number of aliphatic hydroxyl groups is 1. The van der Waals surface area contributed by atoms with E-state index in [1.807, 2.05) is 30.3 Å². The molecule has 1 heterocycles. The van der Waals surface area contributed by atoms with Crippen LogP contribution in [-0.4, -0.2) is 47.7 Å². The monoisotopic (exact) mass is 293 g/mol. The fourth-order valence-corrected chi connectivity index (χ4v) is 2.00. The van der Waals surface area contributed by atoms with Gasteiger partial charge in [-0.25, -0.2) is 4.79 Å². The Kier molecular flexibility index (Phi) is 5.86. The molecule has 1 aliphatic rings. The molecule has 0 amide bonds. The van der Waals surface area contributed by atoms with Gasteiger partial charge in [-0.2, -0.15) is 5.06 Å². The molecule has 1 N–H and O–H groups in total. The molecular formula is C15H19NO5. The van der Waals surface area contributed by atoms with E-state index in [1.165, 1.54) is 0 Å². The van der Waals surface area contributed by atoms with Crippen LogP contribution in [0, 0.1) is 0 Å². The van der Waals surface area contributed by atoms with Gasteiger partial charge in [-0.3, -0.25) is 9.63 Å². The minimum Gasteiger partial charge on any atom is -0.459 e. The van der Waals surface area contributed by atoms with Gasteiger partial charge in [-0.1, -0.05) is 30.3 Å². The lowest BCUT2D eigenvalue weighted by Gasteiger charge is -2.14. The smallest absolute Gasteiger partial charge is 0.335 e. The third-order valence-electron chi connectivity index (χ3n) is 3.14. The lowest BCUT2D eigenvalue weighted by Crippen LogP contribution is -2.26. The number of rotatable bonds is 7. The number of hydrogen-bond donors (Lipinski definition) is 1. The summed E-state index contributed by atoms with van der Waals surface area (Å²) in [6.07, 6.45) is -0.316. The molecule has 1 saturated heterocycles. The molecule has 1 atom stereocenters. The van der Waals surface area contributed by atoms with Crippen LogP contribution >= 0.6 is 0 Å². The van der Waals surface area contributed by atoms with Crippen molar-refractivity contribution in [2.45, 2.75) is 25.6 Å². The van der Waals surface area contributed by atoms with E-state index >= 15 is 0 Å². The lowest BCUT2D eigenvalue weighted by atomic mass is 10.2. The zero-order valence-corrected chi connectivity index (χ0v) is 11.7. The minimum absolute atomic E-state index is 0.0396. The highest BCUT2D eigenvalue weighted by molar-refractivity contribution is 5.82. The highest BCUT2D eigenvalue weighted by Gasteiger charge is 2.21. The SMILES string of the molecule is O=C1CON(CCCC(O)C(=O)OCc2ccccc2)C1. The van der Waals surface area contributed by atoms with Crippen LogP contribution in [0.4, 0.5) is 0 Å². The highest BCUT2D eigenvalue weighted by Crippen LogP contribution is 2.07. The average molecular weight is 293 g/mol. The van der Waals surface area contributed by atoms with Crippen LogP contribution in [0.5, 0.6) is 0 Å². The molecule has 0 bridgehead atoms. The zero-order chi connectivity index (χ0) is 15.1. The molecular weight excluding hydrogens is 274 g/mol. The van der Waals surface area contributed by atoms with E-state index in [0.29, 0.717) is 13.0 Å². The number of hydrogen-bond acceptors (Lipinski definition) is 6. The van der Waals surface area contributed by atoms with Crippen molar-refractivity contribution in [2.24, 2.45) is 0 Å². The van der Waals surface area contributed by atoms with Gasteiger partial charge in [0.1, 0.15) is 13.2 Å². The number of Topliss-reactive ketones (excluding diaryl/α,β-unsaturated/α-hetero) is 1. The predicted octanol–water partition coefficient (Wildman–Crippen LogP) is 0.687. The molecule has 0 aromatic heterocycles. The van der Waals surface area contributed by atoms with Crippen LogP contribution in [0.15, 0.2) is 30.3 Å². The predicted molar refractivity (Wildman–Crippen MR) is 74.0 cm³/mol. The van der Waals surface area contributed by atoms with Crippen molar-refractivity contribution in [3.05, 3.63) is 35.9 Å². The Morgan fingerprint density at radius 2 is 2.14 bits per heavy atom. The number of ketones is 1. The molecule has 1 fully saturated rings. The Morgan fingerprint density at radius 3 is 2.81 bits per heavy atom. The number of carbonyl (C=O) groups excluding carboxylic acids is 2. The van der Waals surface area contributed by atoms with Gasteiger partial charge < -0.3 is 9.84 Å². The average Bonchev–Trinajstić information content (AvgIpc) is 2.91. The molecule has 21 heavy (non-hydrogen) atoms. The van der Waals surface area contributed by atoms with Crippen LogP contribution in [-0.2, 0) is 25.8 Å². The summed E-state index contributed by atoms with van der Waals surface area (Å²) in [5.41, 5.74) is 0.877. The van der Waals surface area contributed by atoms with Gasteiger partial charge >= 0.3 is 5.97 Å². The molecule has 0 spiro atoms. The lowest BCUT2D eigenvalue weighted by molar-refractivity contribution is -0.155. The number of benzene rings is 1. The van der Waals surface area contributed by atoms with Crippen molar-refractivity contribution in [3.63, 3.8) is 0 Å². The molecule has 0 saturated carbocycles. The maximum atomic E-state index is 11.6. The number of aliphatic hydroxyl groups excluding tert-OH is 1. The van der Waals surface area contributed by atoms with Gasteiger partial charge in [0.05, 0.1) is 6.54 Å². The van der Waals surface area contributed by atoms with Crippen molar-refractivity contribution < 1.29 is 24.3 Å². The number of ether oxygens (including phenoxy) is 1. The van der Waals surface area contributed by atoms with E-state index in [4.69, 9.17) is 9.57 Å². The van der Waals surface area contributed by atoms with E-state index in [0.717, 1.165) is 5.56 Å². The molecule has 1 aromatic carbocycles. The molecule has 1 aromatic rings. The van der Waals surface area contributed by atoms with Crippen LogP contribution in [0.3, 0.4) is 0 Å². The number of nitrogens with zero attached hydrogens (tertiary/aromatic N) is 1. The van der Waals surface area contributed by atoms with Gasteiger partial charge in [0, 0.05) is 6.54 Å². The van der Waals surface area contributed by atoms with Crippen LogP contribution in [0.25, 0.3) is 0 Å². The maximum absolute atomic E-state index is 11.6. The van der Waals surface area contributed by atoms with Crippen LogP contribution in [0.2, 0.25) is 0 Å². The molecule has 6 heteroatoms. The molecule has 114 valence electrons. The first-order valence-electron chi connectivity index (χ1n) is 6.93. The van der Waals surface area contributed by atoms with Gasteiger partial charge in [0.2, 0.25) is 0 Å². The molecule has 1 unspecified atom stereocenters. The Labute approximate surface area is 123 Å². The largest absolute Gasteiger partial charge is 0.459 e. The summed E-state index contributed by atoms with van der Waals surface area (Å²) in [6.45, 7) is 1.05. The second-order valence-corrected chi connectivity index (χ2v) is 4.93. The van der Waals surface area contributed by atoms with Crippen LogP contribution < -0.4 is 0 Å². The summed E-state index contributed by atoms with van der Waals surface area (Å²) in [4.78, 5) is 27.7. The molecule has 2 rings (SSSR count). The number of hydroxylamine groups is 2. The maximum Gasteiger partial charge on any atom is 0.335 e. The topological polar surface area (TPSA) is 76.1 Å². The van der Waals surface area contributed by atoms with Gasteiger partial charge in [0.15, 0.2) is 11.9 Å². The van der Waals surface area contributed by atoms with Crippen molar-refractivity contribution in [3.8, 4) is 0 Å². The summed E-state index contributed by atoms with van der Waals surface area (Å²) < 4.78 is 5.04. The van der Waals surface area contributed by atoms with E-state index in [9.17, 15) is 14.7 Å². The first kappa shape index (κ1) is 15.6. The quantitative estimate of drug-likeness (QED) is 0.745. The first-order chi connectivity index (χ1) is 10.1. The minimum atomic E-state index is -1.15.